The molecule has 0 saturated heterocycles. The number of rotatable bonds is 9. The molecule has 5 heteroatoms. The number of hydrogen-bond donors (Lipinski definition) is 2. The quantitative estimate of drug-likeness (QED) is 0.687. The number of ether oxygens (including phenoxy) is 1. The maximum absolute atomic E-state index is 11.8. The minimum absolute atomic E-state index is 0.00463. The zero-order valence-electron chi connectivity index (χ0n) is 14.3. The van der Waals surface area contributed by atoms with Crippen LogP contribution in [0.25, 0.3) is 0 Å². The summed E-state index contributed by atoms with van der Waals surface area (Å²) in [5, 5.41) is 11.7. The molecular formula is C20H23NO4. The maximum Gasteiger partial charge on any atom is 0.335 e. The summed E-state index contributed by atoms with van der Waals surface area (Å²) >= 11 is 0. The first-order valence-electron chi connectivity index (χ1n) is 8.33. The molecule has 0 spiro atoms. The van der Waals surface area contributed by atoms with Gasteiger partial charge in [0.25, 0.3) is 0 Å². The Morgan fingerprint density at radius 3 is 2.56 bits per heavy atom. The molecule has 0 fully saturated rings. The van der Waals surface area contributed by atoms with Crippen molar-refractivity contribution in [3.05, 3.63) is 65.2 Å². The van der Waals surface area contributed by atoms with E-state index in [0.29, 0.717) is 32.4 Å². The highest BCUT2D eigenvalue weighted by Crippen LogP contribution is 2.12. The summed E-state index contributed by atoms with van der Waals surface area (Å²) in [6.07, 6.45) is 1.75. The third-order valence-corrected chi connectivity index (χ3v) is 3.74. The van der Waals surface area contributed by atoms with E-state index in [2.05, 4.69) is 5.32 Å². The number of carboxylic acid groups (broad SMARTS) is 1. The van der Waals surface area contributed by atoms with Crippen LogP contribution in [-0.2, 0) is 11.2 Å². The molecule has 2 aromatic carbocycles. The predicted molar refractivity (Wildman–Crippen MR) is 96.0 cm³/mol. The lowest BCUT2D eigenvalue weighted by Crippen LogP contribution is -2.25. The summed E-state index contributed by atoms with van der Waals surface area (Å²) in [7, 11) is 0. The maximum atomic E-state index is 11.8. The van der Waals surface area contributed by atoms with Crippen LogP contribution in [0, 0.1) is 6.92 Å². The number of carboxylic acids is 1. The molecule has 0 heterocycles. The molecule has 0 saturated carbocycles. The predicted octanol–water partition coefficient (Wildman–Crippen LogP) is 3.21. The molecule has 1 amide bonds. The van der Waals surface area contributed by atoms with Crippen molar-refractivity contribution < 1.29 is 19.4 Å². The van der Waals surface area contributed by atoms with Crippen molar-refractivity contribution in [2.45, 2.75) is 26.2 Å². The summed E-state index contributed by atoms with van der Waals surface area (Å²) in [6.45, 7) is 3.05. The van der Waals surface area contributed by atoms with Crippen LogP contribution in [0.15, 0.2) is 48.5 Å². The zero-order valence-corrected chi connectivity index (χ0v) is 14.3. The number of carbonyl (C=O) groups is 2. The molecule has 132 valence electrons. The van der Waals surface area contributed by atoms with Crippen molar-refractivity contribution in [3.63, 3.8) is 0 Å². The first-order valence-corrected chi connectivity index (χ1v) is 8.33. The van der Waals surface area contributed by atoms with Crippen LogP contribution >= 0.6 is 0 Å². The molecule has 0 aromatic heterocycles. The number of aromatic carboxylic acids is 1. The summed E-state index contributed by atoms with van der Waals surface area (Å²) in [4.78, 5) is 22.6. The SMILES string of the molecule is Cc1cccc(OCCCC(=O)NCCc2ccc(C(=O)O)cc2)c1. The van der Waals surface area contributed by atoms with E-state index in [1.165, 1.54) is 0 Å². The van der Waals surface area contributed by atoms with Gasteiger partial charge in [-0.05, 0) is 55.2 Å². The van der Waals surface area contributed by atoms with Crippen LogP contribution in [0.3, 0.4) is 0 Å². The van der Waals surface area contributed by atoms with Crippen molar-refractivity contribution in [2.75, 3.05) is 13.2 Å². The fraction of sp³-hybridized carbons (Fsp3) is 0.300. The molecule has 2 rings (SSSR count). The molecule has 2 N–H and O–H groups in total. The lowest BCUT2D eigenvalue weighted by atomic mass is 10.1. The van der Waals surface area contributed by atoms with Gasteiger partial charge in [0.1, 0.15) is 5.75 Å². The first-order chi connectivity index (χ1) is 12.0. The van der Waals surface area contributed by atoms with Gasteiger partial charge in [-0.15, -0.1) is 0 Å². The van der Waals surface area contributed by atoms with Crippen molar-refractivity contribution in [1.29, 1.82) is 0 Å². The summed E-state index contributed by atoms with van der Waals surface area (Å²) < 4.78 is 5.61. The minimum Gasteiger partial charge on any atom is -0.494 e. The Morgan fingerprint density at radius 2 is 1.88 bits per heavy atom. The number of aryl methyl sites for hydroxylation is 1. The molecule has 25 heavy (non-hydrogen) atoms. The van der Waals surface area contributed by atoms with Gasteiger partial charge in [-0.25, -0.2) is 4.79 Å². The molecule has 0 radical (unpaired) electrons. The Bertz CT molecular complexity index is 710. The molecule has 5 nitrogen and oxygen atoms in total. The summed E-state index contributed by atoms with van der Waals surface area (Å²) in [6, 6.07) is 14.5. The van der Waals surface area contributed by atoms with Crippen LogP contribution < -0.4 is 10.1 Å². The highest BCUT2D eigenvalue weighted by atomic mass is 16.5. The second-order valence-electron chi connectivity index (χ2n) is 5.87. The normalized spacial score (nSPS) is 10.3. The number of carbonyl (C=O) groups excluding carboxylic acids is 1. The third kappa shape index (κ3) is 6.67. The average molecular weight is 341 g/mol. The monoisotopic (exact) mass is 341 g/mol. The number of amides is 1. The molecule has 0 unspecified atom stereocenters. The Labute approximate surface area is 147 Å². The Hall–Kier alpha value is -2.82. The molecular weight excluding hydrogens is 318 g/mol. The zero-order chi connectivity index (χ0) is 18.1. The van der Waals surface area contributed by atoms with Gasteiger partial charge in [0, 0.05) is 13.0 Å². The second kappa shape index (κ2) is 9.47. The van der Waals surface area contributed by atoms with Crippen molar-refractivity contribution in [3.8, 4) is 5.75 Å². The number of benzene rings is 2. The van der Waals surface area contributed by atoms with Gasteiger partial charge in [0.05, 0.1) is 12.2 Å². The molecule has 0 atom stereocenters. The van der Waals surface area contributed by atoms with Crippen LogP contribution in [0.4, 0.5) is 0 Å². The first kappa shape index (κ1) is 18.5. The van der Waals surface area contributed by atoms with Crippen molar-refractivity contribution in [2.24, 2.45) is 0 Å². The van der Waals surface area contributed by atoms with Gasteiger partial charge in [-0.2, -0.15) is 0 Å². The highest BCUT2D eigenvalue weighted by Gasteiger charge is 2.04. The molecule has 0 aliphatic rings. The van der Waals surface area contributed by atoms with Gasteiger partial charge in [-0.3, -0.25) is 4.79 Å². The highest BCUT2D eigenvalue weighted by molar-refractivity contribution is 5.87. The lowest BCUT2D eigenvalue weighted by Gasteiger charge is -2.08. The summed E-state index contributed by atoms with van der Waals surface area (Å²) in [5.41, 5.74) is 2.40. The van der Waals surface area contributed by atoms with Gasteiger partial charge in [0.2, 0.25) is 5.91 Å². The lowest BCUT2D eigenvalue weighted by molar-refractivity contribution is -0.121. The van der Waals surface area contributed by atoms with E-state index < -0.39 is 5.97 Å². The third-order valence-electron chi connectivity index (χ3n) is 3.74. The standard InChI is InChI=1S/C20H23NO4/c1-15-4-2-5-18(14-15)25-13-3-6-19(22)21-12-11-16-7-9-17(10-8-16)20(23)24/h2,4-5,7-10,14H,3,6,11-13H2,1H3,(H,21,22)(H,23,24). The smallest absolute Gasteiger partial charge is 0.335 e. The Balaban J connectivity index is 1.60. The largest absolute Gasteiger partial charge is 0.494 e. The van der Waals surface area contributed by atoms with E-state index in [9.17, 15) is 9.59 Å². The topological polar surface area (TPSA) is 75.6 Å². The average Bonchev–Trinajstić information content (AvgIpc) is 2.59. The second-order valence-corrected chi connectivity index (χ2v) is 5.87. The number of hydrogen-bond acceptors (Lipinski definition) is 3. The van der Waals surface area contributed by atoms with Gasteiger partial charge in [0.15, 0.2) is 0 Å². The van der Waals surface area contributed by atoms with Crippen molar-refractivity contribution >= 4 is 11.9 Å². The fourth-order valence-electron chi connectivity index (χ4n) is 2.38. The Kier molecular flexibility index (Phi) is 7.01. The van der Waals surface area contributed by atoms with E-state index in [1.807, 2.05) is 31.2 Å². The molecule has 0 aliphatic carbocycles. The van der Waals surface area contributed by atoms with E-state index >= 15 is 0 Å². The molecule has 0 aliphatic heterocycles. The molecule has 2 aromatic rings. The van der Waals surface area contributed by atoms with Crippen LogP contribution in [0.5, 0.6) is 5.75 Å². The van der Waals surface area contributed by atoms with E-state index in [4.69, 9.17) is 9.84 Å². The van der Waals surface area contributed by atoms with E-state index in [-0.39, 0.29) is 11.5 Å². The van der Waals surface area contributed by atoms with Gasteiger partial charge in [-0.1, -0.05) is 24.3 Å². The fourth-order valence-corrected chi connectivity index (χ4v) is 2.38. The van der Waals surface area contributed by atoms with Gasteiger partial charge < -0.3 is 15.2 Å². The van der Waals surface area contributed by atoms with Gasteiger partial charge >= 0.3 is 5.97 Å². The van der Waals surface area contributed by atoms with E-state index in [1.54, 1.807) is 24.3 Å². The Morgan fingerprint density at radius 1 is 1.12 bits per heavy atom. The minimum atomic E-state index is -0.937. The summed E-state index contributed by atoms with van der Waals surface area (Å²) in [5.74, 6) is -0.118. The number of nitrogens with one attached hydrogen (secondary N) is 1. The van der Waals surface area contributed by atoms with Crippen molar-refractivity contribution in [1.82, 2.24) is 5.32 Å². The molecule has 0 bridgehead atoms. The van der Waals surface area contributed by atoms with Crippen LogP contribution in [0.2, 0.25) is 0 Å². The van der Waals surface area contributed by atoms with Crippen LogP contribution in [0.1, 0.15) is 34.3 Å². The van der Waals surface area contributed by atoms with Crippen LogP contribution in [-0.4, -0.2) is 30.1 Å². The van der Waals surface area contributed by atoms with E-state index in [0.717, 1.165) is 16.9 Å².